The largest absolute Gasteiger partial charge is 0.376 e. The Morgan fingerprint density at radius 2 is 1.65 bits per heavy atom. The van der Waals surface area contributed by atoms with Crippen molar-refractivity contribution in [2.45, 2.75) is 20.8 Å². The number of benzene rings is 2. The van der Waals surface area contributed by atoms with E-state index in [1.165, 1.54) is 0 Å². The molecule has 0 bridgehead atoms. The lowest BCUT2D eigenvalue weighted by Crippen LogP contribution is -2.24. The molecule has 0 aromatic heterocycles. The molecule has 0 atom stereocenters. The van der Waals surface area contributed by atoms with Crippen molar-refractivity contribution in [2.75, 3.05) is 17.2 Å². The quantitative estimate of drug-likeness (QED) is 0.794. The summed E-state index contributed by atoms with van der Waals surface area (Å²) in [6, 6.07) is 10.9. The number of nitrogens with two attached hydrogens (primary N) is 1. The van der Waals surface area contributed by atoms with E-state index < -0.39 is 5.91 Å². The molecule has 2 amide bonds. The molecule has 0 saturated carbocycles. The fraction of sp³-hybridized carbons (Fsp3) is 0.222. The van der Waals surface area contributed by atoms with Gasteiger partial charge < -0.3 is 16.4 Å². The molecule has 0 unspecified atom stereocenters. The second-order valence-corrected chi connectivity index (χ2v) is 5.59. The van der Waals surface area contributed by atoms with E-state index >= 15 is 0 Å². The highest BCUT2D eigenvalue weighted by atomic mass is 16.2. The van der Waals surface area contributed by atoms with Crippen LogP contribution >= 0.6 is 0 Å². The maximum atomic E-state index is 12.2. The maximum absolute atomic E-state index is 12.2. The average Bonchev–Trinajstić information content (AvgIpc) is 2.49. The van der Waals surface area contributed by atoms with Gasteiger partial charge in [0.25, 0.3) is 5.91 Å². The van der Waals surface area contributed by atoms with Gasteiger partial charge in [0.1, 0.15) is 0 Å². The Balaban J connectivity index is 2.06. The van der Waals surface area contributed by atoms with Crippen LogP contribution in [0.1, 0.15) is 27.0 Å². The fourth-order valence-electron chi connectivity index (χ4n) is 2.59. The van der Waals surface area contributed by atoms with Crippen LogP contribution in [0.15, 0.2) is 36.4 Å². The van der Waals surface area contributed by atoms with Gasteiger partial charge in [0, 0.05) is 11.4 Å². The van der Waals surface area contributed by atoms with Crippen molar-refractivity contribution < 1.29 is 9.59 Å². The van der Waals surface area contributed by atoms with Gasteiger partial charge in [0.15, 0.2) is 0 Å². The monoisotopic (exact) mass is 311 g/mol. The summed E-state index contributed by atoms with van der Waals surface area (Å²) in [5.74, 6) is -0.710. The van der Waals surface area contributed by atoms with Crippen molar-refractivity contribution in [1.29, 1.82) is 0 Å². The number of nitrogens with one attached hydrogen (secondary N) is 2. The summed E-state index contributed by atoms with van der Waals surface area (Å²) in [5.41, 5.74) is 10.3. The zero-order valence-corrected chi connectivity index (χ0v) is 13.6. The van der Waals surface area contributed by atoms with E-state index in [0.29, 0.717) is 11.3 Å². The number of anilines is 2. The lowest BCUT2D eigenvalue weighted by Gasteiger charge is -2.14. The normalized spacial score (nSPS) is 10.2. The minimum Gasteiger partial charge on any atom is -0.376 e. The summed E-state index contributed by atoms with van der Waals surface area (Å²) in [6.45, 7) is 6.00. The average molecular weight is 311 g/mol. The Kier molecular flexibility index (Phi) is 5.01. The highest BCUT2D eigenvalue weighted by Crippen LogP contribution is 2.22. The first kappa shape index (κ1) is 16.5. The van der Waals surface area contributed by atoms with Gasteiger partial charge in [-0.05, 0) is 44.0 Å². The van der Waals surface area contributed by atoms with Crippen molar-refractivity contribution in [3.8, 4) is 0 Å². The summed E-state index contributed by atoms with van der Waals surface area (Å²) in [7, 11) is 0. The molecule has 4 N–H and O–H groups in total. The predicted molar refractivity (Wildman–Crippen MR) is 92.7 cm³/mol. The summed E-state index contributed by atoms with van der Waals surface area (Å²) in [6.07, 6.45) is 0. The Morgan fingerprint density at radius 1 is 1.04 bits per heavy atom. The van der Waals surface area contributed by atoms with Gasteiger partial charge in [0.2, 0.25) is 5.91 Å². The Bertz CT molecular complexity index is 731. The molecule has 0 aliphatic rings. The molecule has 5 nitrogen and oxygen atoms in total. The zero-order valence-electron chi connectivity index (χ0n) is 13.6. The third-order valence-electron chi connectivity index (χ3n) is 3.57. The van der Waals surface area contributed by atoms with Crippen LogP contribution in [0.2, 0.25) is 0 Å². The summed E-state index contributed by atoms with van der Waals surface area (Å²) < 4.78 is 0. The molecule has 0 aliphatic heterocycles. The molecule has 0 radical (unpaired) electrons. The topological polar surface area (TPSA) is 84.2 Å². The number of primary amides is 1. The van der Waals surface area contributed by atoms with E-state index in [-0.39, 0.29) is 12.5 Å². The van der Waals surface area contributed by atoms with Crippen LogP contribution in [-0.4, -0.2) is 18.4 Å². The highest BCUT2D eigenvalue weighted by molar-refractivity contribution is 6.00. The molecule has 0 saturated heterocycles. The molecular formula is C18H21N3O2. The summed E-state index contributed by atoms with van der Waals surface area (Å²) >= 11 is 0. The van der Waals surface area contributed by atoms with Crippen molar-refractivity contribution >= 4 is 23.2 Å². The van der Waals surface area contributed by atoms with E-state index in [0.717, 1.165) is 22.4 Å². The highest BCUT2D eigenvalue weighted by Gasteiger charge is 2.10. The van der Waals surface area contributed by atoms with Gasteiger partial charge in [-0.3, -0.25) is 9.59 Å². The van der Waals surface area contributed by atoms with Crippen LogP contribution in [0.3, 0.4) is 0 Å². The molecule has 0 aliphatic carbocycles. The minimum atomic E-state index is -0.529. The third-order valence-corrected chi connectivity index (χ3v) is 3.57. The third kappa shape index (κ3) is 4.10. The zero-order chi connectivity index (χ0) is 17.0. The number of aryl methyl sites for hydroxylation is 3. The fourth-order valence-corrected chi connectivity index (χ4v) is 2.59. The van der Waals surface area contributed by atoms with Crippen molar-refractivity contribution in [3.05, 3.63) is 58.7 Å². The van der Waals surface area contributed by atoms with E-state index in [1.54, 1.807) is 24.3 Å². The van der Waals surface area contributed by atoms with Crippen molar-refractivity contribution in [2.24, 2.45) is 5.73 Å². The van der Waals surface area contributed by atoms with Gasteiger partial charge in [0.05, 0.1) is 12.1 Å². The number of carbonyl (C=O) groups is 2. The standard InChI is InChI=1S/C18H21N3O2/c1-11-8-12(2)17(13(3)9-11)21-16(22)10-20-15-7-5-4-6-14(15)18(19)23/h4-9,20H,10H2,1-3H3,(H2,19,23)(H,21,22). The number of carbonyl (C=O) groups excluding carboxylic acids is 2. The van der Waals surface area contributed by atoms with Gasteiger partial charge in [-0.2, -0.15) is 0 Å². The first-order chi connectivity index (χ1) is 10.9. The number of rotatable bonds is 5. The van der Waals surface area contributed by atoms with Crippen molar-refractivity contribution in [3.63, 3.8) is 0 Å². The van der Waals surface area contributed by atoms with Crippen LogP contribution in [0.25, 0.3) is 0 Å². The predicted octanol–water partition coefficient (Wildman–Crippen LogP) is 2.76. The second-order valence-electron chi connectivity index (χ2n) is 5.59. The van der Waals surface area contributed by atoms with Crippen LogP contribution in [0.5, 0.6) is 0 Å². The van der Waals surface area contributed by atoms with Gasteiger partial charge in [-0.15, -0.1) is 0 Å². The van der Waals surface area contributed by atoms with Crippen LogP contribution in [-0.2, 0) is 4.79 Å². The molecule has 2 aromatic carbocycles. The smallest absolute Gasteiger partial charge is 0.250 e. The molecule has 2 aromatic rings. The molecule has 2 rings (SSSR count). The maximum Gasteiger partial charge on any atom is 0.250 e. The lowest BCUT2D eigenvalue weighted by molar-refractivity contribution is -0.114. The Hall–Kier alpha value is -2.82. The SMILES string of the molecule is Cc1cc(C)c(NC(=O)CNc2ccccc2C(N)=O)c(C)c1. The van der Waals surface area contributed by atoms with Crippen LogP contribution < -0.4 is 16.4 Å². The molecule has 5 heteroatoms. The first-order valence-corrected chi connectivity index (χ1v) is 7.39. The first-order valence-electron chi connectivity index (χ1n) is 7.39. The van der Waals surface area contributed by atoms with E-state index in [9.17, 15) is 9.59 Å². The molecule has 0 spiro atoms. The number of amides is 2. The summed E-state index contributed by atoms with van der Waals surface area (Å²) in [4.78, 5) is 23.5. The number of para-hydroxylation sites is 1. The second kappa shape index (κ2) is 6.96. The number of hydrogen-bond acceptors (Lipinski definition) is 3. The minimum absolute atomic E-state index is 0.0526. The van der Waals surface area contributed by atoms with Gasteiger partial charge in [-0.25, -0.2) is 0 Å². The molecule has 23 heavy (non-hydrogen) atoms. The van der Waals surface area contributed by atoms with Crippen LogP contribution in [0.4, 0.5) is 11.4 Å². The van der Waals surface area contributed by atoms with Gasteiger partial charge in [-0.1, -0.05) is 29.8 Å². The van der Waals surface area contributed by atoms with E-state index in [1.807, 2.05) is 32.9 Å². The molecule has 0 heterocycles. The molecule has 0 fully saturated rings. The van der Waals surface area contributed by atoms with Crippen molar-refractivity contribution in [1.82, 2.24) is 0 Å². The van der Waals surface area contributed by atoms with E-state index in [4.69, 9.17) is 5.73 Å². The van der Waals surface area contributed by atoms with Gasteiger partial charge >= 0.3 is 0 Å². The Morgan fingerprint density at radius 3 is 2.26 bits per heavy atom. The molecule has 120 valence electrons. The lowest BCUT2D eigenvalue weighted by atomic mass is 10.1. The molecular weight excluding hydrogens is 290 g/mol. The Labute approximate surface area is 135 Å². The number of hydrogen-bond donors (Lipinski definition) is 3. The van der Waals surface area contributed by atoms with Crippen LogP contribution in [0, 0.1) is 20.8 Å². The van der Waals surface area contributed by atoms with E-state index in [2.05, 4.69) is 10.6 Å². The summed E-state index contributed by atoms with van der Waals surface area (Å²) in [5, 5.41) is 5.86.